The maximum atomic E-state index is 13.2. The molecule has 0 aromatic heterocycles. The van der Waals surface area contributed by atoms with Gasteiger partial charge < -0.3 is 15.0 Å². The standard InChI is InChI=1S/C24H34FN3O3/c1-18(24(10-2-3-11-24)28-13-15-31-16-14-28)26-22(29)20-5-4-12-27(17-20)23(30)19-6-8-21(25)9-7-19/h6-9,18,20H,2-5,10-17H2,1H3,(H,26,29)/t18-,20-/m1/s1. The van der Waals surface area contributed by atoms with Gasteiger partial charge in [-0.3, -0.25) is 14.5 Å². The number of nitrogens with zero attached hydrogens (tertiary/aromatic N) is 2. The van der Waals surface area contributed by atoms with Gasteiger partial charge in [0.15, 0.2) is 0 Å². The zero-order valence-corrected chi connectivity index (χ0v) is 18.4. The van der Waals surface area contributed by atoms with Crippen LogP contribution in [0.2, 0.25) is 0 Å². The number of morpholine rings is 1. The monoisotopic (exact) mass is 431 g/mol. The van der Waals surface area contributed by atoms with E-state index < -0.39 is 0 Å². The van der Waals surface area contributed by atoms with Crippen LogP contribution >= 0.6 is 0 Å². The molecule has 2 atom stereocenters. The normalized spacial score (nSPS) is 25.2. The van der Waals surface area contributed by atoms with Crippen LogP contribution in [0.1, 0.15) is 55.8 Å². The number of ether oxygens (including phenoxy) is 1. The van der Waals surface area contributed by atoms with Crippen molar-refractivity contribution < 1.29 is 18.7 Å². The number of amides is 2. The molecule has 0 unspecified atom stereocenters. The molecule has 1 aromatic carbocycles. The lowest BCUT2D eigenvalue weighted by Gasteiger charge is -2.47. The molecule has 0 bridgehead atoms. The second-order valence-electron chi connectivity index (χ2n) is 9.24. The third-order valence-corrected chi connectivity index (χ3v) is 7.45. The van der Waals surface area contributed by atoms with Crippen molar-refractivity contribution in [2.24, 2.45) is 5.92 Å². The minimum atomic E-state index is -0.359. The van der Waals surface area contributed by atoms with Crippen LogP contribution in [0.25, 0.3) is 0 Å². The molecule has 2 heterocycles. The Hall–Kier alpha value is -1.99. The van der Waals surface area contributed by atoms with Crippen LogP contribution in [0.5, 0.6) is 0 Å². The lowest BCUT2D eigenvalue weighted by Crippen LogP contribution is -2.63. The van der Waals surface area contributed by atoms with E-state index in [0.717, 1.165) is 52.0 Å². The van der Waals surface area contributed by atoms with Gasteiger partial charge in [0.2, 0.25) is 5.91 Å². The number of halogens is 1. The zero-order valence-electron chi connectivity index (χ0n) is 18.4. The maximum Gasteiger partial charge on any atom is 0.253 e. The van der Waals surface area contributed by atoms with Crippen LogP contribution < -0.4 is 5.32 Å². The third kappa shape index (κ3) is 4.77. The Labute approximate surface area is 184 Å². The number of carbonyl (C=O) groups excluding carboxylic acids is 2. The van der Waals surface area contributed by atoms with Gasteiger partial charge in [-0.05, 0) is 56.9 Å². The van der Waals surface area contributed by atoms with Gasteiger partial charge in [-0.25, -0.2) is 4.39 Å². The number of likely N-dealkylation sites (tertiary alicyclic amines) is 1. The molecule has 1 saturated carbocycles. The first kappa shape index (κ1) is 22.2. The topological polar surface area (TPSA) is 61.9 Å². The van der Waals surface area contributed by atoms with Crippen molar-refractivity contribution in [3.05, 3.63) is 35.6 Å². The number of hydrogen-bond acceptors (Lipinski definition) is 4. The third-order valence-electron chi connectivity index (χ3n) is 7.45. The van der Waals surface area contributed by atoms with Crippen molar-refractivity contribution >= 4 is 11.8 Å². The first-order chi connectivity index (χ1) is 15.0. The molecule has 0 radical (unpaired) electrons. The van der Waals surface area contributed by atoms with Crippen LogP contribution in [0, 0.1) is 11.7 Å². The largest absolute Gasteiger partial charge is 0.379 e. The molecule has 4 rings (SSSR count). The summed E-state index contributed by atoms with van der Waals surface area (Å²) in [6, 6.07) is 5.68. The van der Waals surface area contributed by atoms with Crippen LogP contribution in [-0.2, 0) is 9.53 Å². The Morgan fingerprint density at radius 1 is 1.10 bits per heavy atom. The van der Waals surface area contributed by atoms with Gasteiger partial charge in [-0.1, -0.05) is 12.8 Å². The summed E-state index contributed by atoms with van der Waals surface area (Å²) < 4.78 is 18.7. The molecular weight excluding hydrogens is 397 g/mol. The second-order valence-corrected chi connectivity index (χ2v) is 9.24. The number of benzene rings is 1. The summed E-state index contributed by atoms with van der Waals surface area (Å²) in [5, 5.41) is 3.33. The highest BCUT2D eigenvalue weighted by molar-refractivity contribution is 5.94. The van der Waals surface area contributed by atoms with E-state index in [1.807, 2.05) is 0 Å². The zero-order chi connectivity index (χ0) is 21.8. The van der Waals surface area contributed by atoms with E-state index in [-0.39, 0.29) is 35.1 Å². The summed E-state index contributed by atoms with van der Waals surface area (Å²) in [7, 11) is 0. The fraction of sp³-hybridized carbons (Fsp3) is 0.667. The number of nitrogens with one attached hydrogen (secondary N) is 1. The number of carbonyl (C=O) groups is 2. The number of rotatable bonds is 5. The van der Waals surface area contributed by atoms with Gasteiger partial charge in [0.05, 0.1) is 19.1 Å². The summed E-state index contributed by atoms with van der Waals surface area (Å²) in [5.74, 6) is -0.652. The fourth-order valence-corrected chi connectivity index (χ4v) is 5.64. The summed E-state index contributed by atoms with van der Waals surface area (Å²) in [5.41, 5.74) is 0.477. The molecule has 2 amide bonds. The highest BCUT2D eigenvalue weighted by Crippen LogP contribution is 2.38. The fourth-order valence-electron chi connectivity index (χ4n) is 5.64. The maximum absolute atomic E-state index is 13.2. The molecule has 1 aliphatic carbocycles. The Morgan fingerprint density at radius 2 is 1.77 bits per heavy atom. The van der Waals surface area contributed by atoms with Crippen LogP contribution in [0.4, 0.5) is 4.39 Å². The van der Waals surface area contributed by atoms with Crippen LogP contribution in [0.15, 0.2) is 24.3 Å². The highest BCUT2D eigenvalue weighted by Gasteiger charge is 2.45. The van der Waals surface area contributed by atoms with Gasteiger partial charge in [0.1, 0.15) is 5.82 Å². The molecule has 0 spiro atoms. The minimum Gasteiger partial charge on any atom is -0.379 e. The van der Waals surface area contributed by atoms with Crippen molar-refractivity contribution in [1.29, 1.82) is 0 Å². The van der Waals surface area contributed by atoms with Crippen LogP contribution in [-0.4, -0.2) is 72.6 Å². The van der Waals surface area contributed by atoms with Crippen molar-refractivity contribution in [1.82, 2.24) is 15.1 Å². The van der Waals surface area contributed by atoms with Gasteiger partial charge in [0.25, 0.3) is 5.91 Å². The minimum absolute atomic E-state index is 0.0116. The summed E-state index contributed by atoms with van der Waals surface area (Å²) in [6.45, 7) is 6.54. The smallest absolute Gasteiger partial charge is 0.253 e. The molecule has 3 aliphatic rings. The summed E-state index contributed by atoms with van der Waals surface area (Å²) in [6.07, 6.45) is 6.19. The Morgan fingerprint density at radius 3 is 2.45 bits per heavy atom. The second kappa shape index (κ2) is 9.65. The Balaban J connectivity index is 1.39. The average Bonchev–Trinajstić information content (AvgIpc) is 3.31. The van der Waals surface area contributed by atoms with E-state index in [1.54, 1.807) is 4.90 Å². The predicted octanol–water partition coefficient (Wildman–Crippen LogP) is 2.83. The SMILES string of the molecule is C[C@@H](NC(=O)[C@@H]1CCCN(C(=O)c2ccc(F)cc2)C1)C1(N2CCOCC2)CCCC1. The lowest BCUT2D eigenvalue weighted by molar-refractivity contribution is -0.128. The van der Waals surface area contributed by atoms with E-state index in [1.165, 1.54) is 37.1 Å². The van der Waals surface area contributed by atoms with E-state index >= 15 is 0 Å². The van der Waals surface area contributed by atoms with E-state index in [2.05, 4.69) is 17.1 Å². The van der Waals surface area contributed by atoms with Gasteiger partial charge in [-0.2, -0.15) is 0 Å². The molecule has 2 aliphatic heterocycles. The molecule has 7 heteroatoms. The molecule has 3 fully saturated rings. The van der Waals surface area contributed by atoms with Crippen molar-refractivity contribution in [3.8, 4) is 0 Å². The van der Waals surface area contributed by atoms with Gasteiger partial charge in [0, 0.05) is 43.3 Å². The average molecular weight is 432 g/mol. The predicted molar refractivity (Wildman–Crippen MR) is 116 cm³/mol. The van der Waals surface area contributed by atoms with Crippen LogP contribution in [0.3, 0.4) is 0 Å². The Bertz CT molecular complexity index is 773. The Kier molecular flexibility index (Phi) is 6.92. The quantitative estimate of drug-likeness (QED) is 0.779. The molecule has 170 valence electrons. The van der Waals surface area contributed by atoms with E-state index in [0.29, 0.717) is 18.7 Å². The molecule has 2 saturated heterocycles. The highest BCUT2D eigenvalue weighted by atomic mass is 19.1. The van der Waals surface area contributed by atoms with E-state index in [9.17, 15) is 14.0 Å². The molecule has 1 aromatic rings. The lowest BCUT2D eigenvalue weighted by atomic mass is 9.85. The first-order valence-electron chi connectivity index (χ1n) is 11.7. The molecular formula is C24H34FN3O3. The molecule has 31 heavy (non-hydrogen) atoms. The molecule has 1 N–H and O–H groups in total. The van der Waals surface area contributed by atoms with Gasteiger partial charge in [-0.15, -0.1) is 0 Å². The molecule has 6 nitrogen and oxygen atoms in total. The van der Waals surface area contributed by atoms with E-state index in [4.69, 9.17) is 4.74 Å². The van der Waals surface area contributed by atoms with Gasteiger partial charge >= 0.3 is 0 Å². The van der Waals surface area contributed by atoms with Crippen molar-refractivity contribution in [2.45, 2.75) is 57.0 Å². The summed E-state index contributed by atoms with van der Waals surface area (Å²) in [4.78, 5) is 30.3. The van der Waals surface area contributed by atoms with Crippen molar-refractivity contribution in [2.75, 3.05) is 39.4 Å². The number of piperidine rings is 1. The number of hydrogen-bond donors (Lipinski definition) is 1. The first-order valence-corrected chi connectivity index (χ1v) is 11.7. The van der Waals surface area contributed by atoms with Crippen molar-refractivity contribution in [3.63, 3.8) is 0 Å². The summed E-state index contributed by atoms with van der Waals surface area (Å²) >= 11 is 0.